The van der Waals surface area contributed by atoms with Gasteiger partial charge in [-0.05, 0) is 37.3 Å². The summed E-state index contributed by atoms with van der Waals surface area (Å²) in [5, 5.41) is 12.2. The highest BCUT2D eigenvalue weighted by Gasteiger charge is 2.17. The number of hydrogen-bond donors (Lipinski definition) is 1. The van der Waals surface area contributed by atoms with Gasteiger partial charge in [-0.25, -0.2) is 0 Å². The number of fused-ring (bicyclic) bond motifs is 3. The minimum atomic E-state index is -0.228. The van der Waals surface area contributed by atoms with Crippen molar-refractivity contribution in [2.45, 2.75) is 18.1 Å². The summed E-state index contributed by atoms with van der Waals surface area (Å²) in [6.45, 7) is 1.92. The van der Waals surface area contributed by atoms with E-state index in [-0.39, 0.29) is 17.7 Å². The number of carbonyl (C=O) groups is 1. The van der Waals surface area contributed by atoms with Crippen molar-refractivity contribution in [2.24, 2.45) is 0 Å². The molecule has 2 heterocycles. The first-order chi connectivity index (χ1) is 14.1. The van der Waals surface area contributed by atoms with Gasteiger partial charge in [-0.1, -0.05) is 35.2 Å². The SMILES string of the molecule is COc1ccc(OC)c(C(C)NC(=O)CSc2nnc3sc4ccccc4n23)c1. The second-order valence-electron chi connectivity index (χ2n) is 6.36. The number of thiazole rings is 1. The van der Waals surface area contributed by atoms with Crippen LogP contribution in [0.3, 0.4) is 0 Å². The van der Waals surface area contributed by atoms with Gasteiger partial charge in [0.15, 0.2) is 5.16 Å². The average Bonchev–Trinajstić information content (AvgIpc) is 3.31. The average molecular weight is 429 g/mol. The number of methoxy groups -OCH3 is 2. The maximum absolute atomic E-state index is 12.6. The van der Waals surface area contributed by atoms with E-state index in [0.717, 1.165) is 20.7 Å². The van der Waals surface area contributed by atoms with Crippen molar-refractivity contribution in [3.63, 3.8) is 0 Å². The van der Waals surface area contributed by atoms with E-state index in [2.05, 4.69) is 21.6 Å². The van der Waals surface area contributed by atoms with E-state index in [1.807, 2.05) is 47.7 Å². The number of nitrogens with zero attached hydrogens (tertiary/aromatic N) is 3. The summed E-state index contributed by atoms with van der Waals surface area (Å²) < 4.78 is 13.8. The molecule has 1 N–H and O–H groups in total. The lowest BCUT2D eigenvalue weighted by atomic mass is 10.1. The number of benzene rings is 2. The number of ether oxygens (including phenoxy) is 2. The van der Waals surface area contributed by atoms with Crippen LogP contribution in [0.5, 0.6) is 11.5 Å². The zero-order chi connectivity index (χ0) is 20.4. The van der Waals surface area contributed by atoms with Gasteiger partial charge in [-0.15, -0.1) is 10.2 Å². The number of thioether (sulfide) groups is 1. The molecule has 1 atom stereocenters. The fourth-order valence-electron chi connectivity index (χ4n) is 3.12. The van der Waals surface area contributed by atoms with Crippen LogP contribution >= 0.6 is 23.1 Å². The van der Waals surface area contributed by atoms with E-state index in [0.29, 0.717) is 16.7 Å². The molecule has 1 amide bonds. The van der Waals surface area contributed by atoms with E-state index in [9.17, 15) is 4.79 Å². The molecule has 0 saturated carbocycles. The van der Waals surface area contributed by atoms with E-state index in [1.165, 1.54) is 11.8 Å². The lowest BCUT2D eigenvalue weighted by molar-refractivity contribution is -0.119. The maximum Gasteiger partial charge on any atom is 0.230 e. The van der Waals surface area contributed by atoms with Crippen LogP contribution < -0.4 is 14.8 Å². The molecule has 0 aliphatic rings. The molecule has 0 saturated heterocycles. The first-order valence-electron chi connectivity index (χ1n) is 8.97. The van der Waals surface area contributed by atoms with Crippen LogP contribution in [0.2, 0.25) is 0 Å². The highest BCUT2D eigenvalue weighted by molar-refractivity contribution is 7.99. The summed E-state index contributed by atoms with van der Waals surface area (Å²) in [6.07, 6.45) is 0. The van der Waals surface area contributed by atoms with Crippen molar-refractivity contribution < 1.29 is 14.3 Å². The fourth-order valence-corrected chi connectivity index (χ4v) is 4.90. The van der Waals surface area contributed by atoms with Crippen molar-refractivity contribution in [1.82, 2.24) is 19.9 Å². The number of amides is 1. The summed E-state index contributed by atoms with van der Waals surface area (Å²) in [6, 6.07) is 13.4. The van der Waals surface area contributed by atoms with E-state index in [4.69, 9.17) is 9.47 Å². The summed E-state index contributed by atoms with van der Waals surface area (Å²) in [7, 11) is 3.22. The molecule has 2 aromatic heterocycles. The molecular weight excluding hydrogens is 408 g/mol. The third-order valence-corrected chi connectivity index (χ3v) is 6.47. The Morgan fingerprint density at radius 1 is 1.21 bits per heavy atom. The highest BCUT2D eigenvalue weighted by atomic mass is 32.2. The van der Waals surface area contributed by atoms with Crippen LogP contribution in [0.25, 0.3) is 15.2 Å². The number of carbonyl (C=O) groups excluding carboxylic acids is 1. The standard InChI is InChI=1S/C20H20N4O3S2/c1-12(14-10-13(26-2)8-9-16(14)27-3)21-18(25)11-28-19-22-23-20-24(19)15-6-4-5-7-17(15)29-20/h4-10,12H,11H2,1-3H3,(H,21,25). The molecule has 2 aromatic carbocycles. The molecule has 0 spiro atoms. The van der Waals surface area contributed by atoms with Crippen LogP contribution in [-0.2, 0) is 4.79 Å². The van der Waals surface area contributed by atoms with Crippen molar-refractivity contribution >= 4 is 44.2 Å². The van der Waals surface area contributed by atoms with Crippen LogP contribution in [0.15, 0.2) is 47.6 Å². The van der Waals surface area contributed by atoms with Gasteiger partial charge in [0.05, 0.1) is 36.2 Å². The largest absolute Gasteiger partial charge is 0.497 e. The summed E-state index contributed by atoms with van der Waals surface area (Å²) >= 11 is 2.95. The quantitative estimate of drug-likeness (QED) is 0.450. The van der Waals surface area contributed by atoms with Crippen LogP contribution in [0.1, 0.15) is 18.5 Å². The molecule has 1 unspecified atom stereocenters. The van der Waals surface area contributed by atoms with Gasteiger partial charge in [-0.2, -0.15) is 0 Å². The van der Waals surface area contributed by atoms with Gasteiger partial charge in [0.1, 0.15) is 11.5 Å². The topological polar surface area (TPSA) is 77.8 Å². The monoisotopic (exact) mass is 428 g/mol. The molecule has 29 heavy (non-hydrogen) atoms. The van der Waals surface area contributed by atoms with E-state index >= 15 is 0 Å². The molecular formula is C20H20N4O3S2. The lowest BCUT2D eigenvalue weighted by Gasteiger charge is -2.18. The fraction of sp³-hybridized carbons (Fsp3) is 0.250. The number of nitrogens with one attached hydrogen (secondary N) is 1. The molecule has 0 aliphatic heterocycles. The third-order valence-electron chi connectivity index (χ3n) is 4.52. The van der Waals surface area contributed by atoms with E-state index < -0.39 is 0 Å². The molecule has 0 aliphatic carbocycles. The Morgan fingerprint density at radius 2 is 2.03 bits per heavy atom. The molecule has 4 rings (SSSR count). The van der Waals surface area contributed by atoms with Gasteiger partial charge in [-0.3, -0.25) is 9.20 Å². The first-order valence-corrected chi connectivity index (χ1v) is 10.8. The van der Waals surface area contributed by atoms with Crippen LogP contribution in [0.4, 0.5) is 0 Å². The molecule has 0 fully saturated rings. The number of rotatable bonds is 7. The smallest absolute Gasteiger partial charge is 0.230 e. The second kappa shape index (κ2) is 8.30. The van der Waals surface area contributed by atoms with Gasteiger partial charge < -0.3 is 14.8 Å². The number of hydrogen-bond acceptors (Lipinski definition) is 7. The predicted molar refractivity (Wildman–Crippen MR) is 115 cm³/mol. The van der Waals surface area contributed by atoms with Gasteiger partial charge in [0.2, 0.25) is 10.9 Å². The Kier molecular flexibility index (Phi) is 5.59. The Morgan fingerprint density at radius 3 is 2.83 bits per heavy atom. The maximum atomic E-state index is 12.6. The normalized spacial score (nSPS) is 12.2. The molecule has 150 valence electrons. The Balaban J connectivity index is 1.46. The zero-order valence-electron chi connectivity index (χ0n) is 16.2. The first kappa shape index (κ1) is 19.5. The van der Waals surface area contributed by atoms with Gasteiger partial charge >= 0.3 is 0 Å². The van der Waals surface area contributed by atoms with Crippen molar-refractivity contribution in [3.05, 3.63) is 48.0 Å². The summed E-state index contributed by atoms with van der Waals surface area (Å²) in [4.78, 5) is 13.4. The van der Waals surface area contributed by atoms with Crippen LogP contribution in [0, 0.1) is 0 Å². The second-order valence-corrected chi connectivity index (χ2v) is 8.31. The van der Waals surface area contributed by atoms with Crippen molar-refractivity contribution in [2.75, 3.05) is 20.0 Å². The minimum Gasteiger partial charge on any atom is -0.497 e. The van der Waals surface area contributed by atoms with Crippen LogP contribution in [-0.4, -0.2) is 40.5 Å². The molecule has 0 radical (unpaired) electrons. The van der Waals surface area contributed by atoms with E-state index in [1.54, 1.807) is 25.6 Å². The van der Waals surface area contributed by atoms with Gasteiger partial charge in [0.25, 0.3) is 0 Å². The van der Waals surface area contributed by atoms with Crippen molar-refractivity contribution in [1.29, 1.82) is 0 Å². The summed E-state index contributed by atoms with van der Waals surface area (Å²) in [5.41, 5.74) is 1.91. The van der Waals surface area contributed by atoms with Gasteiger partial charge in [0, 0.05) is 5.56 Å². The molecule has 4 aromatic rings. The summed E-state index contributed by atoms with van der Waals surface area (Å²) in [5.74, 6) is 1.56. The lowest BCUT2D eigenvalue weighted by Crippen LogP contribution is -2.28. The molecule has 9 heteroatoms. The molecule has 7 nitrogen and oxygen atoms in total. The Labute approximate surface area is 176 Å². The zero-order valence-corrected chi connectivity index (χ0v) is 17.8. The number of aromatic nitrogens is 3. The Bertz CT molecular complexity index is 1170. The number of para-hydroxylation sites is 1. The third kappa shape index (κ3) is 3.88. The minimum absolute atomic E-state index is 0.0938. The van der Waals surface area contributed by atoms with Crippen molar-refractivity contribution in [3.8, 4) is 11.5 Å². The Hall–Kier alpha value is -2.78. The molecule has 0 bridgehead atoms. The highest BCUT2D eigenvalue weighted by Crippen LogP contribution is 2.31. The predicted octanol–water partition coefficient (Wildman–Crippen LogP) is 3.93.